The Kier molecular flexibility index (Phi) is 4.23. The summed E-state index contributed by atoms with van der Waals surface area (Å²) in [7, 11) is 0. The van der Waals surface area contributed by atoms with Crippen molar-refractivity contribution in [1.82, 2.24) is 4.98 Å². The number of nitrogens with one attached hydrogen (secondary N) is 1. The first-order valence-electron chi connectivity index (χ1n) is 6.71. The summed E-state index contributed by atoms with van der Waals surface area (Å²) in [6.07, 6.45) is 1.76. The molecule has 2 heterocycles. The van der Waals surface area contributed by atoms with Gasteiger partial charge in [-0.1, -0.05) is 41.9 Å². The molecule has 4 heteroatoms. The van der Waals surface area contributed by atoms with Gasteiger partial charge in [0.05, 0.1) is 11.9 Å². The fourth-order valence-corrected chi connectivity index (χ4v) is 3.04. The molecule has 0 bridgehead atoms. The summed E-state index contributed by atoms with van der Waals surface area (Å²) in [6.45, 7) is 2.75. The van der Waals surface area contributed by atoms with E-state index in [4.69, 9.17) is 11.6 Å². The molecule has 3 rings (SSSR count). The number of hydrogen-bond donors (Lipinski definition) is 1. The molecule has 1 N–H and O–H groups in total. The Morgan fingerprint density at radius 3 is 2.71 bits per heavy atom. The molecule has 2 aromatic heterocycles. The van der Waals surface area contributed by atoms with Gasteiger partial charge in [-0.05, 0) is 41.1 Å². The summed E-state index contributed by atoms with van der Waals surface area (Å²) in [6, 6.07) is 14.7. The molecular weight excluding hydrogens is 300 g/mol. The van der Waals surface area contributed by atoms with Crippen molar-refractivity contribution in [1.29, 1.82) is 0 Å². The number of nitrogens with zero attached hydrogens (tertiary/aromatic N) is 1. The first-order chi connectivity index (χ1) is 10.2. The van der Waals surface area contributed by atoms with E-state index in [-0.39, 0.29) is 0 Å². The molecule has 1 aromatic carbocycles. The van der Waals surface area contributed by atoms with Gasteiger partial charge in [0.15, 0.2) is 0 Å². The van der Waals surface area contributed by atoms with Crippen molar-refractivity contribution >= 4 is 28.6 Å². The summed E-state index contributed by atoms with van der Waals surface area (Å²) < 4.78 is 0. The van der Waals surface area contributed by atoms with E-state index >= 15 is 0 Å². The summed E-state index contributed by atoms with van der Waals surface area (Å²) in [5, 5.41) is 6.13. The second-order valence-corrected chi connectivity index (χ2v) is 6.21. The normalized spacial score (nSPS) is 10.6. The maximum absolute atomic E-state index is 5.93. The molecule has 0 saturated carbocycles. The number of aryl methyl sites for hydroxylation is 1. The van der Waals surface area contributed by atoms with Gasteiger partial charge in [-0.25, -0.2) is 4.98 Å². The van der Waals surface area contributed by atoms with Crippen LogP contribution in [0.5, 0.6) is 0 Å². The molecule has 2 nitrogen and oxygen atoms in total. The van der Waals surface area contributed by atoms with Crippen molar-refractivity contribution in [3.05, 3.63) is 69.6 Å². The molecule has 0 atom stereocenters. The number of hydrogen-bond acceptors (Lipinski definition) is 3. The minimum absolute atomic E-state index is 0.558. The average Bonchev–Trinajstić information content (AvgIpc) is 2.98. The van der Waals surface area contributed by atoms with Crippen molar-refractivity contribution in [2.45, 2.75) is 13.5 Å². The number of benzene rings is 1. The zero-order chi connectivity index (χ0) is 14.7. The van der Waals surface area contributed by atoms with Crippen molar-refractivity contribution in [3.8, 4) is 11.1 Å². The highest BCUT2D eigenvalue weighted by Gasteiger charge is 2.03. The minimum atomic E-state index is 0.558. The number of pyridine rings is 1. The van der Waals surface area contributed by atoms with E-state index in [9.17, 15) is 0 Å². The van der Waals surface area contributed by atoms with E-state index in [2.05, 4.69) is 46.0 Å². The molecule has 0 saturated heterocycles. The highest BCUT2D eigenvalue weighted by atomic mass is 35.5. The van der Waals surface area contributed by atoms with E-state index in [1.165, 1.54) is 16.0 Å². The Hall–Kier alpha value is -1.84. The van der Waals surface area contributed by atoms with Crippen LogP contribution >= 0.6 is 22.9 Å². The molecule has 0 unspecified atom stereocenters. The third-order valence-electron chi connectivity index (χ3n) is 3.24. The maximum atomic E-state index is 5.93. The van der Waals surface area contributed by atoms with Crippen molar-refractivity contribution < 1.29 is 0 Å². The van der Waals surface area contributed by atoms with Crippen LogP contribution in [0, 0.1) is 6.92 Å². The second-order valence-electron chi connectivity index (χ2n) is 4.85. The predicted octanol–water partition coefficient (Wildman–Crippen LogP) is 5.38. The zero-order valence-corrected chi connectivity index (χ0v) is 13.2. The summed E-state index contributed by atoms with van der Waals surface area (Å²) >= 11 is 7.69. The standard InChI is InChI=1S/C17H15ClN2S/c1-12-7-15(9-20-17(12)18)19-10-16-8-14(11-21-16)13-5-3-2-4-6-13/h2-9,11,19H,10H2,1H3. The lowest BCUT2D eigenvalue weighted by Gasteiger charge is -2.06. The fourth-order valence-electron chi connectivity index (χ4n) is 2.10. The molecule has 3 aromatic rings. The zero-order valence-electron chi connectivity index (χ0n) is 11.6. The Morgan fingerprint density at radius 1 is 1.14 bits per heavy atom. The van der Waals surface area contributed by atoms with Gasteiger partial charge in [0, 0.05) is 11.4 Å². The van der Waals surface area contributed by atoms with Gasteiger partial charge in [0.2, 0.25) is 0 Å². The van der Waals surface area contributed by atoms with Crippen molar-refractivity contribution in [3.63, 3.8) is 0 Å². The highest BCUT2D eigenvalue weighted by Crippen LogP contribution is 2.26. The summed E-state index contributed by atoms with van der Waals surface area (Å²) in [4.78, 5) is 5.44. The van der Waals surface area contributed by atoms with Crippen molar-refractivity contribution in [2.24, 2.45) is 0 Å². The van der Waals surface area contributed by atoms with Crippen LogP contribution in [0.1, 0.15) is 10.4 Å². The SMILES string of the molecule is Cc1cc(NCc2cc(-c3ccccc3)cs2)cnc1Cl. The first kappa shape index (κ1) is 14.1. The van der Waals surface area contributed by atoms with Crippen LogP contribution in [0.15, 0.2) is 54.0 Å². The molecular formula is C17H15ClN2S. The van der Waals surface area contributed by atoms with Gasteiger partial charge in [-0.2, -0.15) is 0 Å². The van der Waals surface area contributed by atoms with Crippen LogP contribution in [0.25, 0.3) is 11.1 Å². The lowest BCUT2D eigenvalue weighted by molar-refractivity contribution is 1.16. The van der Waals surface area contributed by atoms with Crippen molar-refractivity contribution in [2.75, 3.05) is 5.32 Å². The van der Waals surface area contributed by atoms with E-state index in [1.807, 2.05) is 19.1 Å². The largest absolute Gasteiger partial charge is 0.379 e. The van der Waals surface area contributed by atoms with Crippen LogP contribution in [-0.4, -0.2) is 4.98 Å². The van der Waals surface area contributed by atoms with E-state index < -0.39 is 0 Å². The third-order valence-corrected chi connectivity index (χ3v) is 4.57. The quantitative estimate of drug-likeness (QED) is 0.654. The Bertz CT molecular complexity index is 738. The number of halogens is 1. The minimum Gasteiger partial charge on any atom is -0.379 e. The van der Waals surface area contributed by atoms with E-state index in [1.54, 1.807) is 17.5 Å². The second kappa shape index (κ2) is 6.29. The lowest BCUT2D eigenvalue weighted by Crippen LogP contribution is -1.98. The lowest BCUT2D eigenvalue weighted by atomic mass is 10.1. The molecule has 21 heavy (non-hydrogen) atoms. The third kappa shape index (κ3) is 3.43. The molecule has 0 fully saturated rings. The molecule has 0 spiro atoms. The molecule has 0 aliphatic heterocycles. The molecule has 0 aliphatic carbocycles. The molecule has 106 valence electrons. The van der Waals surface area contributed by atoms with E-state index in [0.717, 1.165) is 17.8 Å². The van der Waals surface area contributed by atoms with E-state index in [0.29, 0.717) is 5.15 Å². The number of thiophene rings is 1. The van der Waals surface area contributed by atoms with Gasteiger partial charge in [-0.15, -0.1) is 11.3 Å². The average molecular weight is 315 g/mol. The molecule has 0 aliphatic rings. The molecule has 0 amide bonds. The fraction of sp³-hybridized carbons (Fsp3) is 0.118. The van der Waals surface area contributed by atoms with Crippen LogP contribution in [-0.2, 0) is 6.54 Å². The summed E-state index contributed by atoms with van der Waals surface area (Å²) in [5.74, 6) is 0. The Labute approximate surface area is 133 Å². The predicted molar refractivity (Wildman–Crippen MR) is 91.1 cm³/mol. The van der Waals surface area contributed by atoms with Crippen LogP contribution in [0.4, 0.5) is 5.69 Å². The molecule has 0 radical (unpaired) electrons. The smallest absolute Gasteiger partial charge is 0.132 e. The Balaban J connectivity index is 1.69. The number of rotatable bonds is 4. The summed E-state index contributed by atoms with van der Waals surface area (Å²) in [5.41, 5.74) is 4.50. The maximum Gasteiger partial charge on any atom is 0.132 e. The van der Waals surface area contributed by atoms with Crippen LogP contribution in [0.3, 0.4) is 0 Å². The van der Waals surface area contributed by atoms with Gasteiger partial charge in [0.1, 0.15) is 5.15 Å². The van der Waals surface area contributed by atoms with Gasteiger partial charge in [-0.3, -0.25) is 0 Å². The number of anilines is 1. The monoisotopic (exact) mass is 314 g/mol. The van der Waals surface area contributed by atoms with Crippen LogP contribution < -0.4 is 5.32 Å². The topological polar surface area (TPSA) is 24.9 Å². The van der Waals surface area contributed by atoms with Crippen LogP contribution in [0.2, 0.25) is 5.15 Å². The first-order valence-corrected chi connectivity index (χ1v) is 7.97. The van der Waals surface area contributed by atoms with Gasteiger partial charge >= 0.3 is 0 Å². The highest BCUT2D eigenvalue weighted by molar-refractivity contribution is 7.10. The van der Waals surface area contributed by atoms with Gasteiger partial charge < -0.3 is 5.32 Å². The Morgan fingerprint density at radius 2 is 1.95 bits per heavy atom. The van der Waals surface area contributed by atoms with Gasteiger partial charge in [0.25, 0.3) is 0 Å². The number of aromatic nitrogens is 1.